The van der Waals surface area contributed by atoms with Crippen LogP contribution >= 0.6 is 0 Å². The molecule has 3 rings (SSSR count). The third-order valence-corrected chi connectivity index (χ3v) is 4.97. The van der Waals surface area contributed by atoms with Crippen molar-refractivity contribution in [2.75, 3.05) is 4.72 Å². The number of nitrogens with one attached hydrogen (secondary N) is 2. The average Bonchev–Trinajstić information content (AvgIpc) is 2.97. The number of benzene rings is 2. The Morgan fingerprint density at radius 3 is 2.38 bits per heavy atom. The van der Waals surface area contributed by atoms with Gasteiger partial charge >= 0.3 is 0 Å². The Kier molecular flexibility index (Phi) is 4.11. The topological polar surface area (TPSA) is 74.8 Å². The van der Waals surface area contributed by atoms with Gasteiger partial charge in [-0.15, -0.1) is 0 Å². The Bertz CT molecular complexity index is 979. The van der Waals surface area contributed by atoms with Gasteiger partial charge in [0.15, 0.2) is 0 Å². The third-order valence-electron chi connectivity index (χ3n) is 3.59. The zero-order chi connectivity index (χ0) is 17.3. The van der Waals surface area contributed by atoms with Gasteiger partial charge in [-0.25, -0.2) is 17.8 Å². The minimum absolute atomic E-state index is 0.0228. The van der Waals surface area contributed by atoms with Crippen LogP contribution in [-0.4, -0.2) is 18.4 Å². The van der Waals surface area contributed by atoms with Crippen LogP contribution in [0.4, 0.5) is 10.1 Å². The van der Waals surface area contributed by atoms with E-state index in [0.29, 0.717) is 5.69 Å². The second kappa shape index (κ2) is 6.09. The van der Waals surface area contributed by atoms with Crippen molar-refractivity contribution in [3.05, 3.63) is 65.9 Å². The van der Waals surface area contributed by atoms with Gasteiger partial charge in [0.2, 0.25) is 0 Å². The first kappa shape index (κ1) is 16.2. The molecule has 0 amide bonds. The van der Waals surface area contributed by atoms with Crippen LogP contribution in [0.2, 0.25) is 0 Å². The quantitative estimate of drug-likeness (QED) is 0.758. The molecule has 3 aromatic rings. The van der Waals surface area contributed by atoms with Crippen molar-refractivity contribution in [3.63, 3.8) is 0 Å². The molecule has 5 nitrogen and oxygen atoms in total. The van der Waals surface area contributed by atoms with Gasteiger partial charge < -0.3 is 4.98 Å². The molecule has 2 N–H and O–H groups in total. The van der Waals surface area contributed by atoms with Crippen molar-refractivity contribution >= 4 is 15.7 Å². The molecule has 0 spiro atoms. The van der Waals surface area contributed by atoms with E-state index in [4.69, 9.17) is 0 Å². The number of sulfonamides is 1. The number of hydrogen-bond donors (Lipinski definition) is 2. The van der Waals surface area contributed by atoms with Crippen LogP contribution in [0.15, 0.2) is 53.6 Å². The second-order valence-electron chi connectivity index (χ2n) is 5.48. The Morgan fingerprint density at radius 2 is 1.79 bits per heavy atom. The number of hydrogen-bond acceptors (Lipinski definition) is 3. The van der Waals surface area contributed by atoms with Crippen LogP contribution in [0.1, 0.15) is 11.4 Å². The van der Waals surface area contributed by atoms with Gasteiger partial charge in [-0.3, -0.25) is 4.72 Å². The number of aromatic nitrogens is 2. The summed E-state index contributed by atoms with van der Waals surface area (Å²) in [5, 5.41) is 0. The molecule has 0 aliphatic rings. The van der Waals surface area contributed by atoms with E-state index in [9.17, 15) is 12.8 Å². The van der Waals surface area contributed by atoms with Gasteiger partial charge in [-0.2, -0.15) is 0 Å². The van der Waals surface area contributed by atoms with Gasteiger partial charge in [0.05, 0.1) is 16.8 Å². The van der Waals surface area contributed by atoms with E-state index < -0.39 is 15.8 Å². The Hall–Kier alpha value is -2.67. The highest BCUT2D eigenvalue weighted by Crippen LogP contribution is 2.22. The molecule has 0 radical (unpaired) electrons. The highest BCUT2D eigenvalue weighted by atomic mass is 32.2. The smallest absolute Gasteiger partial charge is 0.261 e. The van der Waals surface area contributed by atoms with E-state index in [0.717, 1.165) is 23.1 Å². The van der Waals surface area contributed by atoms with E-state index in [-0.39, 0.29) is 10.5 Å². The fourth-order valence-corrected chi connectivity index (χ4v) is 3.43. The van der Waals surface area contributed by atoms with Crippen LogP contribution in [0.5, 0.6) is 0 Å². The number of aryl methyl sites for hydroxylation is 2. The number of aromatic amines is 1. The molecular weight excluding hydrogens is 329 g/mol. The first-order valence-electron chi connectivity index (χ1n) is 7.26. The minimum Gasteiger partial charge on any atom is -0.342 e. The highest BCUT2D eigenvalue weighted by Gasteiger charge is 2.15. The molecule has 0 aliphatic carbocycles. The predicted molar refractivity (Wildman–Crippen MR) is 90.7 cm³/mol. The molecule has 0 saturated carbocycles. The SMILES string of the molecule is Cc1ncc(-c2ccc(NS(=O)(=O)c3ccc(F)c(C)c3)cc2)[nH]1. The zero-order valence-corrected chi connectivity index (χ0v) is 14.0. The van der Waals surface area contributed by atoms with E-state index in [1.165, 1.54) is 19.1 Å². The van der Waals surface area contributed by atoms with Crippen molar-refractivity contribution in [1.82, 2.24) is 9.97 Å². The molecule has 2 aromatic carbocycles. The first-order valence-corrected chi connectivity index (χ1v) is 8.74. The summed E-state index contributed by atoms with van der Waals surface area (Å²) in [6.07, 6.45) is 1.72. The van der Waals surface area contributed by atoms with Gasteiger partial charge in [0.1, 0.15) is 11.6 Å². The summed E-state index contributed by atoms with van der Waals surface area (Å²) in [4.78, 5) is 7.27. The number of anilines is 1. The molecule has 7 heteroatoms. The van der Waals surface area contributed by atoms with Crippen LogP contribution < -0.4 is 4.72 Å². The van der Waals surface area contributed by atoms with E-state index in [1.807, 2.05) is 6.92 Å². The number of H-pyrrole nitrogens is 1. The predicted octanol–water partition coefficient (Wildman–Crippen LogP) is 3.63. The number of halogens is 1. The summed E-state index contributed by atoms with van der Waals surface area (Å²) in [6.45, 7) is 3.38. The number of rotatable bonds is 4. The number of nitrogens with zero attached hydrogens (tertiary/aromatic N) is 1. The summed E-state index contributed by atoms with van der Waals surface area (Å²) >= 11 is 0. The van der Waals surface area contributed by atoms with Gasteiger partial charge in [0.25, 0.3) is 10.0 Å². The number of imidazole rings is 1. The standard InChI is InChI=1S/C17H16FN3O2S/c1-11-9-15(7-8-16(11)18)24(22,23)21-14-5-3-13(4-6-14)17-10-19-12(2)20-17/h3-10,21H,1-2H3,(H,19,20). The van der Waals surface area contributed by atoms with E-state index >= 15 is 0 Å². The van der Waals surface area contributed by atoms with Gasteiger partial charge in [0, 0.05) is 5.69 Å². The highest BCUT2D eigenvalue weighted by molar-refractivity contribution is 7.92. The Morgan fingerprint density at radius 1 is 1.08 bits per heavy atom. The average molecular weight is 345 g/mol. The lowest BCUT2D eigenvalue weighted by atomic mass is 10.1. The van der Waals surface area contributed by atoms with Gasteiger partial charge in [-0.1, -0.05) is 12.1 Å². The fraction of sp³-hybridized carbons (Fsp3) is 0.118. The second-order valence-corrected chi connectivity index (χ2v) is 7.16. The minimum atomic E-state index is -3.76. The fourth-order valence-electron chi connectivity index (χ4n) is 2.28. The van der Waals surface area contributed by atoms with Crippen LogP contribution in [-0.2, 0) is 10.0 Å². The first-order chi connectivity index (χ1) is 11.3. The lowest BCUT2D eigenvalue weighted by Crippen LogP contribution is -2.13. The lowest BCUT2D eigenvalue weighted by Gasteiger charge is -2.09. The zero-order valence-electron chi connectivity index (χ0n) is 13.2. The molecule has 0 unspecified atom stereocenters. The summed E-state index contributed by atoms with van der Waals surface area (Å²) in [5.74, 6) is 0.370. The molecular formula is C17H16FN3O2S. The normalized spacial score (nSPS) is 11.5. The molecule has 0 saturated heterocycles. The molecule has 1 aromatic heterocycles. The lowest BCUT2D eigenvalue weighted by molar-refractivity contribution is 0.598. The van der Waals surface area contributed by atoms with Crippen molar-refractivity contribution in [3.8, 4) is 11.3 Å². The summed E-state index contributed by atoms with van der Waals surface area (Å²) in [6, 6.07) is 10.6. The summed E-state index contributed by atoms with van der Waals surface area (Å²) in [5.41, 5.74) is 2.46. The molecule has 124 valence electrons. The summed E-state index contributed by atoms with van der Waals surface area (Å²) in [7, 11) is -3.76. The molecule has 0 atom stereocenters. The monoisotopic (exact) mass is 345 g/mol. The molecule has 1 heterocycles. The third kappa shape index (κ3) is 3.30. The van der Waals surface area contributed by atoms with Crippen molar-refractivity contribution < 1.29 is 12.8 Å². The van der Waals surface area contributed by atoms with E-state index in [1.54, 1.807) is 30.5 Å². The molecule has 24 heavy (non-hydrogen) atoms. The molecule has 0 aliphatic heterocycles. The summed E-state index contributed by atoms with van der Waals surface area (Å²) < 4.78 is 40.5. The van der Waals surface area contributed by atoms with Gasteiger partial charge in [-0.05, 0) is 55.3 Å². The molecule has 0 bridgehead atoms. The maximum atomic E-state index is 13.3. The van der Waals surface area contributed by atoms with Crippen molar-refractivity contribution in [2.24, 2.45) is 0 Å². The van der Waals surface area contributed by atoms with Crippen molar-refractivity contribution in [2.45, 2.75) is 18.7 Å². The van der Waals surface area contributed by atoms with Crippen LogP contribution in [0.25, 0.3) is 11.3 Å². The largest absolute Gasteiger partial charge is 0.342 e. The van der Waals surface area contributed by atoms with E-state index in [2.05, 4.69) is 14.7 Å². The maximum Gasteiger partial charge on any atom is 0.261 e. The van der Waals surface area contributed by atoms with Crippen molar-refractivity contribution in [1.29, 1.82) is 0 Å². The Balaban J connectivity index is 1.83. The maximum absolute atomic E-state index is 13.3. The van der Waals surface area contributed by atoms with Crippen LogP contribution in [0, 0.1) is 19.7 Å². The Labute approximate surface area is 139 Å². The van der Waals surface area contributed by atoms with Crippen LogP contribution in [0.3, 0.4) is 0 Å². The molecule has 0 fully saturated rings.